The molecule has 0 aliphatic carbocycles. The van der Waals surface area contributed by atoms with E-state index in [0.717, 1.165) is 0 Å². The first-order valence-corrected chi connectivity index (χ1v) is 11.6. The lowest BCUT2D eigenvalue weighted by Gasteiger charge is -2.26. The van der Waals surface area contributed by atoms with Crippen LogP contribution in [0.3, 0.4) is 0 Å². The van der Waals surface area contributed by atoms with Crippen molar-refractivity contribution in [2.75, 3.05) is 52.3 Å². The lowest BCUT2D eigenvalue weighted by atomic mass is 10.2. The number of carbonyl (C=O) groups is 3. The van der Waals surface area contributed by atoms with Crippen LogP contribution in [0.5, 0.6) is 0 Å². The second kappa shape index (κ2) is 10.6. The Morgan fingerprint density at radius 2 is 1.55 bits per heavy atom. The molecule has 0 saturated carbocycles. The van der Waals surface area contributed by atoms with Crippen LogP contribution in [0.1, 0.15) is 20.7 Å². The molecule has 1 heterocycles. The molecule has 0 unspecified atom stereocenters. The molecule has 1 N–H and O–H groups in total. The molecule has 1 saturated heterocycles. The number of anilines is 1. The molecule has 0 bridgehead atoms. The number of hydrogen-bond acceptors (Lipinski definition) is 7. The van der Waals surface area contributed by atoms with Crippen molar-refractivity contribution in [2.24, 2.45) is 0 Å². The average Bonchev–Trinajstić information content (AvgIpc) is 2.83. The highest BCUT2D eigenvalue weighted by Gasteiger charge is 2.26. The average molecular weight is 476 g/mol. The standard InChI is InChI=1S/C22H25N3O7S/c1-24(2)21(27)16-3-7-18(8-4-16)23-20(26)15-32-22(28)17-5-9-19(10-6-17)33(29,30)25-11-13-31-14-12-25/h3-10H,11-15H2,1-2H3,(H,23,26). The quantitative estimate of drug-likeness (QED) is 0.597. The summed E-state index contributed by atoms with van der Waals surface area (Å²) >= 11 is 0. The van der Waals surface area contributed by atoms with Crippen molar-refractivity contribution >= 4 is 33.5 Å². The fraction of sp³-hybridized carbons (Fsp3) is 0.318. The van der Waals surface area contributed by atoms with Crippen LogP contribution in [-0.4, -0.2) is 82.4 Å². The van der Waals surface area contributed by atoms with Gasteiger partial charge in [0.15, 0.2) is 6.61 Å². The summed E-state index contributed by atoms with van der Waals surface area (Å²) in [5, 5.41) is 2.57. The first-order chi connectivity index (χ1) is 15.7. The zero-order chi connectivity index (χ0) is 24.0. The van der Waals surface area contributed by atoms with Crippen molar-refractivity contribution in [1.82, 2.24) is 9.21 Å². The molecule has 10 nitrogen and oxygen atoms in total. The van der Waals surface area contributed by atoms with Gasteiger partial charge in [0.1, 0.15) is 0 Å². The molecule has 2 aromatic carbocycles. The van der Waals surface area contributed by atoms with E-state index in [-0.39, 0.29) is 29.5 Å². The molecule has 11 heteroatoms. The largest absolute Gasteiger partial charge is 0.452 e. The number of esters is 1. The van der Waals surface area contributed by atoms with Gasteiger partial charge >= 0.3 is 5.97 Å². The summed E-state index contributed by atoms with van der Waals surface area (Å²) in [4.78, 5) is 37.7. The van der Waals surface area contributed by atoms with Crippen molar-refractivity contribution < 1.29 is 32.3 Å². The molecule has 1 aliphatic heterocycles. The maximum atomic E-state index is 12.6. The van der Waals surface area contributed by atoms with E-state index in [2.05, 4.69) is 5.32 Å². The van der Waals surface area contributed by atoms with Crippen molar-refractivity contribution in [1.29, 1.82) is 0 Å². The molecule has 0 aromatic heterocycles. The second-order valence-corrected chi connectivity index (χ2v) is 9.38. The molecule has 2 amide bonds. The van der Waals surface area contributed by atoms with Gasteiger partial charge in [-0.05, 0) is 48.5 Å². The summed E-state index contributed by atoms with van der Waals surface area (Å²) in [5.41, 5.74) is 1.04. The normalized spacial score (nSPS) is 14.4. The molecule has 0 atom stereocenters. The van der Waals surface area contributed by atoms with Crippen molar-refractivity contribution in [3.63, 3.8) is 0 Å². The molecular weight excluding hydrogens is 450 g/mol. The van der Waals surface area contributed by atoms with Crippen LogP contribution >= 0.6 is 0 Å². The van der Waals surface area contributed by atoms with E-state index in [1.54, 1.807) is 38.4 Å². The first-order valence-electron chi connectivity index (χ1n) is 10.1. The minimum Gasteiger partial charge on any atom is -0.452 e. The van der Waals surface area contributed by atoms with Crippen LogP contribution in [0, 0.1) is 0 Å². The van der Waals surface area contributed by atoms with Gasteiger partial charge in [0, 0.05) is 38.4 Å². The zero-order valence-electron chi connectivity index (χ0n) is 18.3. The van der Waals surface area contributed by atoms with E-state index in [1.165, 1.54) is 33.5 Å². The number of carbonyl (C=O) groups excluding carboxylic acids is 3. The van der Waals surface area contributed by atoms with E-state index < -0.39 is 28.5 Å². The number of rotatable bonds is 7. The summed E-state index contributed by atoms with van der Waals surface area (Å²) in [6, 6.07) is 11.7. The number of morpholine rings is 1. The van der Waals surface area contributed by atoms with Crippen LogP contribution in [-0.2, 0) is 24.3 Å². The van der Waals surface area contributed by atoms with Gasteiger partial charge in [0.05, 0.1) is 23.7 Å². The summed E-state index contributed by atoms with van der Waals surface area (Å²) in [6.45, 7) is 0.699. The summed E-state index contributed by atoms with van der Waals surface area (Å²) in [5.74, 6) is -1.47. The Kier molecular flexibility index (Phi) is 7.79. The van der Waals surface area contributed by atoms with E-state index in [0.29, 0.717) is 24.5 Å². The second-order valence-electron chi connectivity index (χ2n) is 7.44. The number of sulfonamides is 1. The van der Waals surface area contributed by atoms with Gasteiger partial charge in [-0.1, -0.05) is 0 Å². The first kappa shape index (κ1) is 24.4. The van der Waals surface area contributed by atoms with Crippen LogP contribution in [0.15, 0.2) is 53.4 Å². The third-order valence-electron chi connectivity index (χ3n) is 4.85. The van der Waals surface area contributed by atoms with Gasteiger partial charge in [-0.2, -0.15) is 4.31 Å². The Labute approximate surface area is 192 Å². The van der Waals surface area contributed by atoms with Crippen LogP contribution < -0.4 is 5.32 Å². The van der Waals surface area contributed by atoms with Gasteiger partial charge in [-0.15, -0.1) is 0 Å². The number of hydrogen-bond donors (Lipinski definition) is 1. The number of nitrogens with one attached hydrogen (secondary N) is 1. The number of ether oxygens (including phenoxy) is 2. The molecule has 3 rings (SSSR count). The Morgan fingerprint density at radius 3 is 2.12 bits per heavy atom. The van der Waals surface area contributed by atoms with Crippen LogP contribution in [0.2, 0.25) is 0 Å². The van der Waals surface area contributed by atoms with Crippen LogP contribution in [0.4, 0.5) is 5.69 Å². The van der Waals surface area contributed by atoms with Gasteiger partial charge in [0.2, 0.25) is 10.0 Å². The Hall–Kier alpha value is -3.28. The van der Waals surface area contributed by atoms with Gasteiger partial charge in [-0.25, -0.2) is 13.2 Å². The highest BCUT2D eigenvalue weighted by atomic mass is 32.2. The Balaban J connectivity index is 1.53. The van der Waals surface area contributed by atoms with Crippen LogP contribution in [0.25, 0.3) is 0 Å². The summed E-state index contributed by atoms with van der Waals surface area (Å²) < 4.78 is 36.8. The van der Waals surface area contributed by atoms with Crippen molar-refractivity contribution in [2.45, 2.75) is 4.90 Å². The molecule has 1 aliphatic rings. The predicted molar refractivity (Wildman–Crippen MR) is 119 cm³/mol. The highest BCUT2D eigenvalue weighted by Crippen LogP contribution is 2.18. The Bertz CT molecular complexity index is 1110. The molecule has 1 fully saturated rings. The van der Waals surface area contributed by atoms with E-state index >= 15 is 0 Å². The molecule has 176 valence electrons. The molecule has 2 aromatic rings. The lowest BCUT2D eigenvalue weighted by molar-refractivity contribution is -0.119. The maximum Gasteiger partial charge on any atom is 0.338 e. The van der Waals surface area contributed by atoms with Gasteiger partial charge in [-0.3, -0.25) is 9.59 Å². The van der Waals surface area contributed by atoms with Gasteiger partial charge < -0.3 is 19.7 Å². The minimum atomic E-state index is -3.66. The number of nitrogens with zero attached hydrogens (tertiary/aromatic N) is 2. The lowest BCUT2D eigenvalue weighted by Crippen LogP contribution is -2.40. The smallest absolute Gasteiger partial charge is 0.338 e. The Morgan fingerprint density at radius 1 is 0.970 bits per heavy atom. The third kappa shape index (κ3) is 6.15. The monoisotopic (exact) mass is 475 g/mol. The predicted octanol–water partition coefficient (Wildman–Crippen LogP) is 1.20. The fourth-order valence-electron chi connectivity index (χ4n) is 3.06. The maximum absolute atomic E-state index is 12.6. The third-order valence-corrected chi connectivity index (χ3v) is 6.77. The zero-order valence-corrected chi connectivity index (χ0v) is 19.1. The molecule has 0 spiro atoms. The van der Waals surface area contributed by atoms with E-state index in [9.17, 15) is 22.8 Å². The highest BCUT2D eigenvalue weighted by molar-refractivity contribution is 7.89. The van der Waals surface area contributed by atoms with Gasteiger partial charge in [0.25, 0.3) is 11.8 Å². The van der Waals surface area contributed by atoms with E-state index in [4.69, 9.17) is 9.47 Å². The minimum absolute atomic E-state index is 0.0647. The van der Waals surface area contributed by atoms with Crippen molar-refractivity contribution in [3.05, 3.63) is 59.7 Å². The summed E-state index contributed by atoms with van der Waals surface area (Å²) in [6.07, 6.45) is 0. The van der Waals surface area contributed by atoms with E-state index in [1.807, 2.05) is 0 Å². The molecule has 33 heavy (non-hydrogen) atoms. The fourth-order valence-corrected chi connectivity index (χ4v) is 4.47. The van der Waals surface area contributed by atoms with Crippen molar-refractivity contribution in [3.8, 4) is 0 Å². The number of amides is 2. The SMILES string of the molecule is CN(C)C(=O)c1ccc(NC(=O)COC(=O)c2ccc(S(=O)(=O)N3CCOCC3)cc2)cc1. The molecule has 0 radical (unpaired) electrons. The molecular formula is C22H25N3O7S. The summed E-state index contributed by atoms with van der Waals surface area (Å²) in [7, 11) is -0.381. The number of benzene rings is 2. The topological polar surface area (TPSA) is 122 Å².